The van der Waals surface area contributed by atoms with Gasteiger partial charge in [0.25, 0.3) is 0 Å². The van der Waals surface area contributed by atoms with Gasteiger partial charge in [0.05, 0.1) is 12.0 Å². The van der Waals surface area contributed by atoms with Crippen LogP contribution in [0.5, 0.6) is 0 Å². The van der Waals surface area contributed by atoms with Crippen LogP contribution in [0.25, 0.3) is 5.69 Å². The van der Waals surface area contributed by atoms with Gasteiger partial charge in [0.2, 0.25) is 6.29 Å². The number of esters is 1. The van der Waals surface area contributed by atoms with E-state index in [1.807, 2.05) is 44.1 Å². The van der Waals surface area contributed by atoms with E-state index < -0.39 is 36.2 Å². The maximum absolute atomic E-state index is 13.7. The number of benzene rings is 1. The number of imidazole rings is 1. The predicted molar refractivity (Wildman–Crippen MR) is 158 cm³/mol. The molecule has 2 aromatic rings. The van der Waals surface area contributed by atoms with Crippen molar-refractivity contribution in [3.05, 3.63) is 47.5 Å². The van der Waals surface area contributed by atoms with E-state index in [-0.39, 0.29) is 12.1 Å². The predicted octanol–water partition coefficient (Wildman–Crippen LogP) is 4.86. The largest absolute Gasteiger partial charge is 0.511 e. The Hall–Kier alpha value is -3.60. The number of fused-ring (bicyclic) bond motifs is 3. The summed E-state index contributed by atoms with van der Waals surface area (Å²) < 4.78 is 23.9. The van der Waals surface area contributed by atoms with Gasteiger partial charge in [0.15, 0.2) is 0 Å². The molecule has 2 aliphatic heterocycles. The molecule has 11 heteroatoms. The molecule has 5 rings (SSSR count). The first-order valence-electron chi connectivity index (χ1n) is 15.5. The van der Waals surface area contributed by atoms with E-state index in [1.165, 1.54) is 12.5 Å². The molecule has 1 unspecified atom stereocenters. The van der Waals surface area contributed by atoms with Crippen molar-refractivity contribution in [1.82, 2.24) is 19.8 Å². The average molecular weight is 597 g/mol. The molecule has 1 saturated carbocycles. The Kier molecular flexibility index (Phi) is 9.59. The van der Waals surface area contributed by atoms with Gasteiger partial charge < -0.3 is 28.8 Å². The van der Waals surface area contributed by atoms with Crippen LogP contribution in [0.2, 0.25) is 0 Å². The highest BCUT2D eigenvalue weighted by atomic mass is 16.8. The normalized spacial score (nSPS) is 20.3. The zero-order valence-electron chi connectivity index (χ0n) is 25.7. The second-order valence-electron chi connectivity index (χ2n) is 12.7. The molecule has 11 nitrogen and oxygen atoms in total. The number of alkyl carbamates (subject to hydrolysis) is 1. The number of carbonyl (C=O) groups is 3. The maximum atomic E-state index is 13.7. The van der Waals surface area contributed by atoms with Crippen molar-refractivity contribution in [3.63, 3.8) is 0 Å². The first-order chi connectivity index (χ1) is 20.6. The first kappa shape index (κ1) is 30.8. The number of nitrogens with zero attached hydrogens (tertiary/aromatic N) is 3. The molecular formula is C32H44N4O7. The third-order valence-electron chi connectivity index (χ3n) is 8.23. The molecule has 1 aromatic heterocycles. The number of carbonyl (C=O) groups excluding carboxylic acids is 3. The average Bonchev–Trinajstić information content (AvgIpc) is 3.57. The van der Waals surface area contributed by atoms with Crippen LogP contribution < -0.4 is 5.32 Å². The Morgan fingerprint density at radius 2 is 1.81 bits per heavy atom. The van der Waals surface area contributed by atoms with Gasteiger partial charge in [-0.15, -0.1) is 0 Å². The lowest BCUT2D eigenvalue weighted by Crippen LogP contribution is -2.46. The van der Waals surface area contributed by atoms with Crippen molar-refractivity contribution in [2.75, 3.05) is 13.1 Å². The van der Waals surface area contributed by atoms with Crippen molar-refractivity contribution >= 4 is 18.2 Å². The summed E-state index contributed by atoms with van der Waals surface area (Å²) in [5, 5.41) is 2.92. The van der Waals surface area contributed by atoms with Crippen molar-refractivity contribution in [2.45, 2.75) is 116 Å². The number of amides is 1. The smallest absolute Gasteiger partial charge is 0.444 e. The number of likely N-dealkylation sites (tertiary alicyclic amines) is 1. The molecule has 1 saturated heterocycles. The van der Waals surface area contributed by atoms with E-state index >= 15 is 0 Å². The molecule has 1 aliphatic carbocycles. The SMILES string of the molecule is CC(OC(=O)OC1CCCCC1)OC(=O)[C@H](Cc1ncn2c1CCc1ccccc1-2)N1CC[C@H](NC(=O)OC(C)(C)C)C1. The monoisotopic (exact) mass is 596 g/mol. The van der Waals surface area contributed by atoms with Crippen LogP contribution in [0.4, 0.5) is 9.59 Å². The van der Waals surface area contributed by atoms with Gasteiger partial charge in [0, 0.05) is 43.9 Å². The molecule has 0 spiro atoms. The van der Waals surface area contributed by atoms with Gasteiger partial charge in [-0.3, -0.25) is 9.69 Å². The summed E-state index contributed by atoms with van der Waals surface area (Å²) >= 11 is 0. The zero-order chi connectivity index (χ0) is 30.6. The van der Waals surface area contributed by atoms with Gasteiger partial charge in [-0.2, -0.15) is 0 Å². The molecule has 234 valence electrons. The lowest BCUT2D eigenvalue weighted by Gasteiger charge is -2.28. The number of aromatic nitrogens is 2. The molecule has 1 N–H and O–H groups in total. The minimum absolute atomic E-state index is 0.159. The number of ether oxygens (including phenoxy) is 4. The summed E-state index contributed by atoms with van der Waals surface area (Å²) in [6, 6.07) is 7.37. The van der Waals surface area contributed by atoms with E-state index in [0.717, 1.165) is 62.0 Å². The minimum Gasteiger partial charge on any atom is -0.444 e. The summed E-state index contributed by atoms with van der Waals surface area (Å²) in [6.45, 7) is 7.98. The number of nitrogens with one attached hydrogen (secondary N) is 1. The van der Waals surface area contributed by atoms with Crippen LogP contribution in [0.1, 0.15) is 83.2 Å². The van der Waals surface area contributed by atoms with Crippen molar-refractivity contribution in [3.8, 4) is 5.69 Å². The van der Waals surface area contributed by atoms with Gasteiger partial charge in [0.1, 0.15) is 17.7 Å². The Balaban J connectivity index is 1.27. The number of hydrogen-bond donors (Lipinski definition) is 1. The lowest BCUT2D eigenvalue weighted by atomic mass is 9.98. The maximum Gasteiger partial charge on any atom is 0.511 e. The molecule has 3 aliphatic rings. The molecule has 43 heavy (non-hydrogen) atoms. The zero-order valence-corrected chi connectivity index (χ0v) is 25.7. The van der Waals surface area contributed by atoms with Gasteiger partial charge in [-0.1, -0.05) is 24.6 Å². The van der Waals surface area contributed by atoms with Crippen molar-refractivity contribution < 1.29 is 33.3 Å². The fourth-order valence-corrected chi connectivity index (χ4v) is 6.22. The summed E-state index contributed by atoms with van der Waals surface area (Å²) in [6.07, 6.45) is 6.71. The molecule has 2 fully saturated rings. The lowest BCUT2D eigenvalue weighted by molar-refractivity contribution is -0.174. The standard InChI is InChI=1S/C32H44N4O7/c1-21(41-31(39)42-24-11-6-5-7-12-24)40-29(37)28(35-17-16-23(19-35)34-30(38)43-32(2,3)4)18-25-27-15-14-22-10-8-9-13-26(22)36(27)20-33-25/h8-10,13,20-21,23-24,28H,5-7,11-12,14-19H2,1-4H3,(H,34,38)/t21?,23-,28-/m0/s1. The third kappa shape index (κ3) is 8.07. The van der Waals surface area contributed by atoms with Crippen LogP contribution in [0, 0.1) is 0 Å². The first-order valence-corrected chi connectivity index (χ1v) is 15.5. The highest BCUT2D eigenvalue weighted by molar-refractivity contribution is 5.76. The molecule has 3 heterocycles. The fraction of sp³-hybridized carbons (Fsp3) is 0.625. The Bertz CT molecular complexity index is 1300. The second kappa shape index (κ2) is 13.4. The van der Waals surface area contributed by atoms with Crippen molar-refractivity contribution in [1.29, 1.82) is 0 Å². The molecule has 3 atom stereocenters. The minimum atomic E-state index is -1.12. The van der Waals surface area contributed by atoms with Crippen LogP contribution in [-0.2, 0) is 43.0 Å². The van der Waals surface area contributed by atoms with Gasteiger partial charge in [-0.25, -0.2) is 14.6 Å². The molecule has 1 aromatic carbocycles. The van der Waals surface area contributed by atoms with E-state index in [1.54, 1.807) is 0 Å². The molecule has 1 amide bonds. The Labute approximate surface area is 253 Å². The second-order valence-corrected chi connectivity index (χ2v) is 12.7. The molecular weight excluding hydrogens is 552 g/mol. The summed E-state index contributed by atoms with van der Waals surface area (Å²) in [7, 11) is 0. The van der Waals surface area contributed by atoms with E-state index in [0.29, 0.717) is 25.9 Å². The summed E-state index contributed by atoms with van der Waals surface area (Å²) in [5.41, 5.74) is 3.64. The Morgan fingerprint density at radius 3 is 2.58 bits per heavy atom. The van der Waals surface area contributed by atoms with E-state index in [9.17, 15) is 14.4 Å². The van der Waals surface area contributed by atoms with Gasteiger partial charge >= 0.3 is 18.2 Å². The highest BCUT2D eigenvalue weighted by Gasteiger charge is 2.37. The Morgan fingerprint density at radius 1 is 1.05 bits per heavy atom. The number of aryl methyl sites for hydroxylation is 1. The molecule has 0 bridgehead atoms. The quantitative estimate of drug-likeness (QED) is 0.259. The van der Waals surface area contributed by atoms with Crippen LogP contribution in [0.3, 0.4) is 0 Å². The summed E-state index contributed by atoms with van der Waals surface area (Å²) in [5.74, 6) is -0.520. The van der Waals surface area contributed by atoms with Crippen LogP contribution >= 0.6 is 0 Å². The van der Waals surface area contributed by atoms with E-state index in [4.69, 9.17) is 23.9 Å². The molecule has 0 radical (unpaired) electrons. The van der Waals surface area contributed by atoms with Crippen molar-refractivity contribution in [2.24, 2.45) is 0 Å². The van der Waals surface area contributed by atoms with Crippen LogP contribution in [0.15, 0.2) is 30.6 Å². The summed E-state index contributed by atoms with van der Waals surface area (Å²) in [4.78, 5) is 45.2. The van der Waals surface area contributed by atoms with Crippen LogP contribution in [-0.4, -0.2) is 75.8 Å². The fourth-order valence-electron chi connectivity index (χ4n) is 6.22. The number of rotatable bonds is 8. The number of hydrogen-bond acceptors (Lipinski definition) is 9. The number of para-hydroxylation sites is 1. The van der Waals surface area contributed by atoms with E-state index in [2.05, 4.69) is 22.0 Å². The highest BCUT2D eigenvalue weighted by Crippen LogP contribution is 2.28. The topological polar surface area (TPSA) is 121 Å². The van der Waals surface area contributed by atoms with Gasteiger partial charge in [-0.05, 0) is 77.3 Å². The third-order valence-corrected chi connectivity index (χ3v) is 8.23.